The summed E-state index contributed by atoms with van der Waals surface area (Å²) in [5, 5.41) is 0. The fraction of sp³-hybridized carbons (Fsp3) is 0.0400. The van der Waals surface area contributed by atoms with E-state index in [4.69, 9.17) is 3.27 Å². The molecule has 0 fully saturated rings. The minimum absolute atomic E-state index is 0.224. The van der Waals surface area contributed by atoms with Crippen LogP contribution in [0.1, 0.15) is 5.56 Å². The number of hydrogen-bond acceptors (Lipinski definition) is 2. The Balaban J connectivity index is 2.13. The summed E-state index contributed by atoms with van der Waals surface area (Å²) >= 11 is -3.70. The number of sulfonamides is 1. The molecule has 0 saturated carbocycles. The second-order valence-corrected chi connectivity index (χ2v) is 15.5. The monoisotopic (exact) mass is 475 g/mol. The predicted molar refractivity (Wildman–Crippen MR) is 125 cm³/mol. The second kappa shape index (κ2) is 8.51. The Morgan fingerprint density at radius 1 is 0.567 bits per heavy atom. The summed E-state index contributed by atoms with van der Waals surface area (Å²) in [6.07, 6.45) is 0. The van der Waals surface area contributed by atoms with Crippen LogP contribution in [-0.4, -0.2) is 21.8 Å². The first-order valence-corrected chi connectivity index (χ1v) is 14.7. The van der Waals surface area contributed by atoms with E-state index in [1.54, 1.807) is 12.1 Å². The molecule has 0 spiro atoms. The van der Waals surface area contributed by atoms with Gasteiger partial charge in [-0.05, 0) is 0 Å². The first-order chi connectivity index (χ1) is 14.5. The molecule has 4 rings (SSSR count). The van der Waals surface area contributed by atoms with Gasteiger partial charge in [0.25, 0.3) is 0 Å². The number of rotatable bonds is 5. The van der Waals surface area contributed by atoms with Crippen molar-refractivity contribution in [2.24, 2.45) is 3.27 Å². The van der Waals surface area contributed by atoms with E-state index < -0.39 is 23.4 Å². The van der Waals surface area contributed by atoms with Gasteiger partial charge in [-0.3, -0.25) is 0 Å². The van der Waals surface area contributed by atoms with Crippen molar-refractivity contribution in [3.8, 4) is 0 Å². The fourth-order valence-corrected chi connectivity index (χ4v) is 14.7. The third-order valence-electron chi connectivity index (χ3n) is 4.94. The molecule has 5 heteroatoms. The molecule has 30 heavy (non-hydrogen) atoms. The third kappa shape index (κ3) is 3.94. The van der Waals surface area contributed by atoms with E-state index in [0.29, 0.717) is 0 Å². The van der Waals surface area contributed by atoms with E-state index in [1.165, 1.54) is 0 Å². The quantitative estimate of drug-likeness (QED) is 0.414. The summed E-state index contributed by atoms with van der Waals surface area (Å²) in [6, 6.07) is 36.4. The Bertz CT molecular complexity index is 1180. The van der Waals surface area contributed by atoms with Crippen molar-refractivity contribution in [2.75, 3.05) is 0 Å². The molecule has 0 atom stereocenters. The molecule has 0 amide bonds. The molecule has 0 bridgehead atoms. The van der Waals surface area contributed by atoms with Crippen LogP contribution in [0.4, 0.5) is 0 Å². The zero-order valence-electron chi connectivity index (χ0n) is 16.6. The molecule has 0 aromatic heterocycles. The van der Waals surface area contributed by atoms with Gasteiger partial charge >= 0.3 is 181 Å². The molecule has 0 saturated heterocycles. The average Bonchev–Trinajstić information content (AvgIpc) is 2.79. The van der Waals surface area contributed by atoms with Crippen molar-refractivity contribution in [1.82, 2.24) is 0 Å². The van der Waals surface area contributed by atoms with Crippen molar-refractivity contribution in [1.29, 1.82) is 0 Å². The average molecular weight is 475 g/mol. The first-order valence-electron chi connectivity index (χ1n) is 9.64. The van der Waals surface area contributed by atoms with Gasteiger partial charge in [-0.25, -0.2) is 0 Å². The Hall–Kier alpha value is -2.81. The van der Waals surface area contributed by atoms with Crippen molar-refractivity contribution in [2.45, 2.75) is 11.8 Å². The van der Waals surface area contributed by atoms with E-state index in [2.05, 4.69) is 0 Å². The number of aryl methyl sites for hydroxylation is 1. The van der Waals surface area contributed by atoms with Gasteiger partial charge in [-0.2, -0.15) is 0 Å². The zero-order valence-corrected chi connectivity index (χ0v) is 19.3. The SMILES string of the molecule is Cc1ccc(S(=O)(=O)N=[As](c2ccccc2)(c2ccccc2)c2ccccc2)cc1. The number of benzene rings is 4. The van der Waals surface area contributed by atoms with Gasteiger partial charge in [0.05, 0.1) is 0 Å². The van der Waals surface area contributed by atoms with Crippen LogP contribution in [0.5, 0.6) is 0 Å². The molecule has 150 valence electrons. The molecule has 4 aromatic carbocycles. The molecule has 0 unspecified atom stereocenters. The van der Waals surface area contributed by atoms with Crippen LogP contribution in [0.2, 0.25) is 0 Å². The summed E-state index contributed by atoms with van der Waals surface area (Å²) < 4.78 is 34.8. The first kappa shape index (κ1) is 20.5. The van der Waals surface area contributed by atoms with Gasteiger partial charge in [0.2, 0.25) is 0 Å². The van der Waals surface area contributed by atoms with Gasteiger partial charge in [0, 0.05) is 0 Å². The van der Waals surface area contributed by atoms with E-state index in [0.717, 1.165) is 18.6 Å². The van der Waals surface area contributed by atoms with Crippen molar-refractivity contribution >= 4 is 36.4 Å². The fourth-order valence-electron chi connectivity index (χ4n) is 3.44. The Kier molecular flexibility index (Phi) is 5.80. The van der Waals surface area contributed by atoms with Gasteiger partial charge in [0.15, 0.2) is 0 Å². The molecule has 0 N–H and O–H groups in total. The standard InChI is InChI=1S/C25H22AsNO2S/c1-21-17-19-25(20-18-21)30(28,29)27-26(22-11-5-2-6-12-22,23-13-7-3-8-14-23)24-15-9-4-10-16-24/h2-20H,1H3. The molecule has 4 aromatic rings. The summed E-state index contributed by atoms with van der Waals surface area (Å²) in [4.78, 5) is 0.224. The second-order valence-electron chi connectivity index (χ2n) is 7.01. The van der Waals surface area contributed by atoms with E-state index >= 15 is 0 Å². The maximum atomic E-state index is 13.6. The van der Waals surface area contributed by atoms with E-state index in [1.807, 2.05) is 110 Å². The molecule has 3 nitrogen and oxygen atoms in total. The summed E-state index contributed by atoms with van der Waals surface area (Å²) in [7, 11) is -3.88. The minimum atomic E-state index is -3.88. The van der Waals surface area contributed by atoms with Gasteiger partial charge < -0.3 is 0 Å². The summed E-state index contributed by atoms with van der Waals surface area (Å²) in [6.45, 7) is 1.94. The van der Waals surface area contributed by atoms with Crippen LogP contribution in [0.3, 0.4) is 0 Å². The normalized spacial score (nSPS) is 11.8. The third-order valence-corrected chi connectivity index (χ3v) is 15.7. The molecule has 0 aliphatic heterocycles. The topological polar surface area (TPSA) is 46.5 Å². The Morgan fingerprint density at radius 2 is 0.933 bits per heavy atom. The van der Waals surface area contributed by atoms with Gasteiger partial charge in [-0.15, -0.1) is 0 Å². The van der Waals surface area contributed by atoms with Gasteiger partial charge in [0.1, 0.15) is 0 Å². The van der Waals surface area contributed by atoms with Crippen molar-refractivity contribution < 1.29 is 8.42 Å². The molecule has 0 radical (unpaired) electrons. The van der Waals surface area contributed by atoms with Crippen molar-refractivity contribution in [3.05, 3.63) is 121 Å². The maximum absolute atomic E-state index is 13.6. The molecular formula is C25H22AsNO2S. The van der Waals surface area contributed by atoms with E-state index in [-0.39, 0.29) is 4.90 Å². The summed E-state index contributed by atoms with van der Waals surface area (Å²) in [5.41, 5.74) is 1.01. The molecule has 0 aliphatic rings. The van der Waals surface area contributed by atoms with E-state index in [9.17, 15) is 8.42 Å². The van der Waals surface area contributed by atoms with Crippen LogP contribution in [0.25, 0.3) is 0 Å². The molecule has 0 heterocycles. The molecule has 0 aliphatic carbocycles. The number of nitrogens with zero attached hydrogens (tertiary/aromatic N) is 1. The Labute approximate surface area is 180 Å². The van der Waals surface area contributed by atoms with Crippen LogP contribution in [0, 0.1) is 6.92 Å². The molecular weight excluding hydrogens is 453 g/mol. The van der Waals surface area contributed by atoms with Crippen LogP contribution in [0.15, 0.2) is 123 Å². The van der Waals surface area contributed by atoms with Crippen LogP contribution in [-0.2, 0) is 10.0 Å². The Morgan fingerprint density at radius 3 is 1.30 bits per heavy atom. The van der Waals surface area contributed by atoms with Gasteiger partial charge in [-0.1, -0.05) is 0 Å². The zero-order chi connectivity index (χ0) is 21.0. The van der Waals surface area contributed by atoms with Crippen molar-refractivity contribution in [3.63, 3.8) is 0 Å². The van der Waals surface area contributed by atoms with Crippen LogP contribution < -0.4 is 13.1 Å². The predicted octanol–water partition coefficient (Wildman–Crippen LogP) is 3.62. The summed E-state index contributed by atoms with van der Waals surface area (Å²) in [5.74, 6) is 0. The number of hydrogen-bond donors (Lipinski definition) is 0. The van der Waals surface area contributed by atoms with Crippen LogP contribution >= 0.6 is 0 Å².